The molecule has 9 heteroatoms. The van der Waals surface area contributed by atoms with Gasteiger partial charge in [-0.15, -0.1) is 11.3 Å². The van der Waals surface area contributed by atoms with Crippen molar-refractivity contribution in [2.45, 2.75) is 26.4 Å². The molecule has 0 unspecified atom stereocenters. The van der Waals surface area contributed by atoms with Gasteiger partial charge in [-0.05, 0) is 25.1 Å². The molecule has 0 atom stereocenters. The first-order valence-electron chi connectivity index (χ1n) is 8.92. The maximum absolute atomic E-state index is 13.4. The minimum atomic E-state index is -4.70. The Labute approximate surface area is 175 Å². The molecule has 1 heterocycles. The van der Waals surface area contributed by atoms with Gasteiger partial charge in [0.1, 0.15) is 5.01 Å². The fraction of sp³-hybridized carbons (Fsp3) is 0.190. The highest BCUT2D eigenvalue weighted by Crippen LogP contribution is 2.36. The van der Waals surface area contributed by atoms with Gasteiger partial charge in [0.25, 0.3) is 0 Å². The lowest BCUT2D eigenvalue weighted by molar-refractivity contribution is -0.137. The molecule has 156 valence electrons. The van der Waals surface area contributed by atoms with Gasteiger partial charge >= 0.3 is 6.18 Å². The maximum Gasteiger partial charge on any atom is 0.418 e. The minimum absolute atomic E-state index is 0.00457. The Morgan fingerprint density at radius 3 is 2.40 bits per heavy atom. The first-order valence-corrected chi connectivity index (χ1v) is 9.80. The number of carbonyl (C=O) groups excluding carboxylic acids is 2. The predicted octanol–water partition coefficient (Wildman–Crippen LogP) is 5.28. The molecule has 0 aliphatic rings. The molecule has 2 N–H and O–H groups in total. The standard InChI is InChI=1S/C21H18F3N3O2S/c1-12-3-5-14(6-4-12)20-26-16(11-30-20)10-19(29)27-18-8-7-15(25-13(2)28)9-17(18)21(22,23)24/h3-9,11H,10H2,1-2H3,(H,25,28)(H,27,29). The van der Waals surface area contributed by atoms with Crippen LogP contribution in [0.2, 0.25) is 0 Å². The maximum atomic E-state index is 13.4. The van der Waals surface area contributed by atoms with Crippen molar-refractivity contribution in [3.05, 3.63) is 64.7 Å². The molecule has 5 nitrogen and oxygen atoms in total. The summed E-state index contributed by atoms with van der Waals surface area (Å²) in [4.78, 5) is 27.8. The molecule has 0 saturated heterocycles. The average Bonchev–Trinajstić information content (AvgIpc) is 3.10. The third-order valence-electron chi connectivity index (χ3n) is 4.11. The summed E-state index contributed by atoms with van der Waals surface area (Å²) < 4.78 is 40.2. The molecule has 30 heavy (non-hydrogen) atoms. The van der Waals surface area contributed by atoms with Crippen LogP contribution >= 0.6 is 11.3 Å². The molecule has 1 aromatic heterocycles. The van der Waals surface area contributed by atoms with Crippen LogP contribution in [0.4, 0.5) is 24.5 Å². The monoisotopic (exact) mass is 433 g/mol. The number of rotatable bonds is 5. The molecule has 0 spiro atoms. The molecule has 0 saturated carbocycles. The van der Waals surface area contributed by atoms with E-state index in [-0.39, 0.29) is 17.8 Å². The lowest BCUT2D eigenvalue weighted by Crippen LogP contribution is -2.19. The van der Waals surface area contributed by atoms with Gasteiger partial charge in [0.05, 0.1) is 23.4 Å². The lowest BCUT2D eigenvalue weighted by Gasteiger charge is -2.15. The third kappa shape index (κ3) is 5.44. The van der Waals surface area contributed by atoms with Gasteiger partial charge in [0, 0.05) is 23.6 Å². The number of nitrogens with one attached hydrogen (secondary N) is 2. The minimum Gasteiger partial charge on any atom is -0.326 e. The van der Waals surface area contributed by atoms with Gasteiger partial charge in [0.15, 0.2) is 0 Å². The molecule has 0 fully saturated rings. The van der Waals surface area contributed by atoms with E-state index in [1.54, 1.807) is 5.38 Å². The van der Waals surface area contributed by atoms with Crippen LogP contribution in [0.1, 0.15) is 23.7 Å². The van der Waals surface area contributed by atoms with E-state index in [9.17, 15) is 22.8 Å². The fourth-order valence-corrected chi connectivity index (χ4v) is 3.57. The highest BCUT2D eigenvalue weighted by molar-refractivity contribution is 7.13. The highest BCUT2D eigenvalue weighted by Gasteiger charge is 2.34. The van der Waals surface area contributed by atoms with Crippen molar-refractivity contribution in [3.8, 4) is 10.6 Å². The van der Waals surface area contributed by atoms with E-state index in [0.29, 0.717) is 5.69 Å². The Morgan fingerprint density at radius 1 is 1.07 bits per heavy atom. The number of benzene rings is 2. The second-order valence-electron chi connectivity index (χ2n) is 6.67. The van der Waals surface area contributed by atoms with Gasteiger partial charge in [-0.2, -0.15) is 13.2 Å². The number of anilines is 2. The zero-order chi connectivity index (χ0) is 21.9. The summed E-state index contributed by atoms with van der Waals surface area (Å²) in [6.45, 7) is 3.17. The largest absolute Gasteiger partial charge is 0.418 e. The van der Waals surface area contributed by atoms with Crippen molar-refractivity contribution in [2.75, 3.05) is 10.6 Å². The first-order chi connectivity index (χ1) is 14.1. The Bertz CT molecular complexity index is 1080. The van der Waals surface area contributed by atoms with Gasteiger partial charge in [-0.25, -0.2) is 4.98 Å². The van der Waals surface area contributed by atoms with Crippen molar-refractivity contribution in [1.29, 1.82) is 0 Å². The van der Waals surface area contributed by atoms with E-state index >= 15 is 0 Å². The number of hydrogen-bond donors (Lipinski definition) is 2. The number of thiazole rings is 1. The van der Waals surface area contributed by atoms with Crippen molar-refractivity contribution in [3.63, 3.8) is 0 Å². The van der Waals surface area contributed by atoms with Gasteiger partial charge in [0.2, 0.25) is 11.8 Å². The van der Waals surface area contributed by atoms with E-state index in [2.05, 4.69) is 15.6 Å². The molecule has 0 radical (unpaired) electrons. The normalized spacial score (nSPS) is 11.2. The van der Waals surface area contributed by atoms with Crippen LogP contribution in [-0.4, -0.2) is 16.8 Å². The lowest BCUT2D eigenvalue weighted by atomic mass is 10.1. The molecule has 2 amide bonds. The number of aromatic nitrogens is 1. The zero-order valence-electron chi connectivity index (χ0n) is 16.1. The van der Waals surface area contributed by atoms with Crippen LogP contribution in [-0.2, 0) is 22.2 Å². The van der Waals surface area contributed by atoms with Crippen LogP contribution < -0.4 is 10.6 Å². The summed E-state index contributed by atoms with van der Waals surface area (Å²) in [7, 11) is 0. The smallest absolute Gasteiger partial charge is 0.326 e. The van der Waals surface area contributed by atoms with E-state index in [4.69, 9.17) is 0 Å². The van der Waals surface area contributed by atoms with E-state index in [1.807, 2.05) is 31.2 Å². The molecule has 0 aliphatic carbocycles. The van der Waals surface area contributed by atoms with Crippen LogP contribution in [0.25, 0.3) is 10.6 Å². The number of nitrogens with zero attached hydrogens (tertiary/aromatic N) is 1. The quantitative estimate of drug-likeness (QED) is 0.575. The highest BCUT2D eigenvalue weighted by atomic mass is 32.1. The fourth-order valence-electron chi connectivity index (χ4n) is 2.74. The van der Waals surface area contributed by atoms with E-state index < -0.39 is 23.6 Å². The molecule has 0 bridgehead atoms. The second-order valence-corrected chi connectivity index (χ2v) is 7.53. The second kappa shape index (κ2) is 8.66. The predicted molar refractivity (Wildman–Crippen MR) is 110 cm³/mol. The summed E-state index contributed by atoms with van der Waals surface area (Å²) in [5.74, 6) is -1.11. The molecule has 2 aromatic carbocycles. The van der Waals surface area contributed by atoms with Crippen LogP contribution in [0.15, 0.2) is 47.8 Å². The van der Waals surface area contributed by atoms with Crippen molar-refractivity contribution in [1.82, 2.24) is 4.98 Å². The number of alkyl halides is 3. The Hall–Kier alpha value is -3.20. The number of aryl methyl sites for hydroxylation is 1. The van der Waals surface area contributed by atoms with E-state index in [0.717, 1.165) is 28.3 Å². The Balaban J connectivity index is 1.74. The molecular weight excluding hydrogens is 415 g/mol. The summed E-state index contributed by atoms with van der Waals surface area (Å²) in [6.07, 6.45) is -4.86. The summed E-state index contributed by atoms with van der Waals surface area (Å²) in [6, 6.07) is 10.9. The average molecular weight is 433 g/mol. The van der Waals surface area contributed by atoms with Gasteiger partial charge in [-0.1, -0.05) is 29.8 Å². The van der Waals surface area contributed by atoms with Gasteiger partial charge in [-0.3, -0.25) is 9.59 Å². The van der Waals surface area contributed by atoms with Crippen LogP contribution in [0, 0.1) is 6.92 Å². The van der Waals surface area contributed by atoms with Crippen molar-refractivity contribution >= 4 is 34.5 Å². The molecular formula is C21H18F3N3O2S. The topological polar surface area (TPSA) is 71.1 Å². The SMILES string of the molecule is CC(=O)Nc1ccc(NC(=O)Cc2csc(-c3ccc(C)cc3)n2)c(C(F)(F)F)c1. The Morgan fingerprint density at radius 2 is 1.77 bits per heavy atom. The number of halogens is 3. The van der Waals surface area contributed by atoms with E-state index in [1.165, 1.54) is 24.3 Å². The molecule has 3 aromatic rings. The zero-order valence-corrected chi connectivity index (χ0v) is 16.9. The molecule has 0 aliphatic heterocycles. The number of carbonyl (C=O) groups is 2. The number of hydrogen-bond acceptors (Lipinski definition) is 4. The Kier molecular flexibility index (Phi) is 6.21. The van der Waals surface area contributed by atoms with Crippen molar-refractivity contribution < 1.29 is 22.8 Å². The van der Waals surface area contributed by atoms with Gasteiger partial charge < -0.3 is 10.6 Å². The third-order valence-corrected chi connectivity index (χ3v) is 5.05. The van der Waals surface area contributed by atoms with Crippen molar-refractivity contribution in [2.24, 2.45) is 0 Å². The summed E-state index contributed by atoms with van der Waals surface area (Å²) in [5, 5.41) is 7.03. The summed E-state index contributed by atoms with van der Waals surface area (Å²) >= 11 is 1.36. The first kappa shape index (κ1) is 21.5. The molecule has 3 rings (SSSR count). The number of amides is 2. The van der Waals surface area contributed by atoms with Crippen LogP contribution in [0.5, 0.6) is 0 Å². The van der Waals surface area contributed by atoms with Crippen LogP contribution in [0.3, 0.4) is 0 Å². The summed E-state index contributed by atoms with van der Waals surface area (Å²) in [5.41, 5.74) is 1.06.